The van der Waals surface area contributed by atoms with Crippen molar-refractivity contribution >= 4 is 11.8 Å². The molecule has 4 heteroatoms. The number of aromatic amines is 1. The molecular formula is C11H9NO3. The molecule has 1 aliphatic carbocycles. The van der Waals surface area contributed by atoms with E-state index in [0.717, 1.165) is 0 Å². The Kier molecular flexibility index (Phi) is 2.25. The van der Waals surface area contributed by atoms with Gasteiger partial charge in [-0.2, -0.15) is 0 Å². The molecule has 0 saturated carbocycles. The van der Waals surface area contributed by atoms with Crippen molar-refractivity contribution in [2.24, 2.45) is 0 Å². The minimum atomic E-state index is -1.06. The summed E-state index contributed by atoms with van der Waals surface area (Å²) in [6.45, 7) is 0. The van der Waals surface area contributed by atoms with Crippen LogP contribution in [0.3, 0.4) is 0 Å². The highest BCUT2D eigenvalue weighted by atomic mass is 16.4. The molecule has 0 amide bonds. The van der Waals surface area contributed by atoms with E-state index in [0.29, 0.717) is 5.69 Å². The Morgan fingerprint density at radius 2 is 2.27 bits per heavy atom. The van der Waals surface area contributed by atoms with E-state index >= 15 is 0 Å². The highest BCUT2D eigenvalue weighted by Gasteiger charge is 2.29. The number of hydrogen-bond acceptors (Lipinski definition) is 2. The number of allylic oxidation sites excluding steroid dienone is 3. The van der Waals surface area contributed by atoms with E-state index in [2.05, 4.69) is 4.98 Å². The Labute approximate surface area is 85.9 Å². The maximum atomic E-state index is 11.6. The van der Waals surface area contributed by atoms with Gasteiger partial charge in [-0.1, -0.05) is 12.2 Å². The predicted octanol–water partition coefficient (Wildman–Crippen LogP) is 1.25. The average Bonchev–Trinajstić information content (AvgIpc) is 2.70. The number of carbonyl (C=O) groups excluding carboxylic acids is 1. The van der Waals surface area contributed by atoms with Crippen molar-refractivity contribution in [3.63, 3.8) is 0 Å². The third-order valence-corrected chi connectivity index (χ3v) is 2.31. The minimum absolute atomic E-state index is 0.102. The lowest BCUT2D eigenvalue weighted by molar-refractivity contribution is -0.134. The van der Waals surface area contributed by atoms with E-state index in [9.17, 15) is 9.59 Å². The Bertz CT molecular complexity index is 454. The zero-order valence-electron chi connectivity index (χ0n) is 7.81. The van der Waals surface area contributed by atoms with Gasteiger partial charge in [0.25, 0.3) is 0 Å². The standard InChI is InChI=1S/C11H9NO3/c13-9-5-1-3-7(11(14)15)10(9)8-4-2-6-12-8/h1-6,10,12H,(H,14,15). The third kappa shape index (κ3) is 1.61. The van der Waals surface area contributed by atoms with Crippen LogP contribution in [0, 0.1) is 0 Å². The number of carbonyl (C=O) groups is 2. The lowest BCUT2D eigenvalue weighted by Crippen LogP contribution is -2.20. The number of carboxylic acids is 1. The minimum Gasteiger partial charge on any atom is -0.478 e. The van der Waals surface area contributed by atoms with Gasteiger partial charge in [0.05, 0.1) is 11.5 Å². The molecule has 0 spiro atoms. The van der Waals surface area contributed by atoms with Gasteiger partial charge >= 0.3 is 5.97 Å². The van der Waals surface area contributed by atoms with Crippen LogP contribution >= 0.6 is 0 Å². The molecule has 0 bridgehead atoms. The Morgan fingerprint density at radius 1 is 1.47 bits per heavy atom. The molecule has 1 aliphatic rings. The normalized spacial score (nSPS) is 20.1. The molecule has 1 aromatic heterocycles. The fourth-order valence-corrected chi connectivity index (χ4v) is 1.63. The molecule has 2 N–H and O–H groups in total. The number of aromatic nitrogens is 1. The molecule has 0 aromatic carbocycles. The van der Waals surface area contributed by atoms with Crippen molar-refractivity contribution < 1.29 is 14.7 Å². The number of hydrogen-bond donors (Lipinski definition) is 2. The summed E-state index contributed by atoms with van der Waals surface area (Å²) in [4.78, 5) is 25.4. The molecular weight excluding hydrogens is 194 g/mol. The lowest BCUT2D eigenvalue weighted by Gasteiger charge is -2.15. The van der Waals surface area contributed by atoms with E-state index in [-0.39, 0.29) is 11.4 Å². The maximum Gasteiger partial charge on any atom is 0.332 e. The monoisotopic (exact) mass is 203 g/mol. The predicted molar refractivity (Wildman–Crippen MR) is 53.4 cm³/mol. The zero-order chi connectivity index (χ0) is 10.8. The van der Waals surface area contributed by atoms with Crippen LogP contribution < -0.4 is 0 Å². The fraction of sp³-hybridized carbons (Fsp3) is 0.0909. The van der Waals surface area contributed by atoms with Gasteiger partial charge in [0, 0.05) is 11.9 Å². The number of carboxylic acid groups (broad SMARTS) is 1. The summed E-state index contributed by atoms with van der Waals surface area (Å²) < 4.78 is 0. The molecule has 1 atom stereocenters. The highest BCUT2D eigenvalue weighted by Crippen LogP contribution is 2.27. The fourth-order valence-electron chi connectivity index (χ4n) is 1.63. The first-order valence-corrected chi connectivity index (χ1v) is 4.49. The van der Waals surface area contributed by atoms with Gasteiger partial charge in [-0.3, -0.25) is 4.79 Å². The quantitative estimate of drug-likeness (QED) is 0.759. The van der Waals surface area contributed by atoms with Crippen LogP contribution in [-0.2, 0) is 9.59 Å². The number of nitrogens with one attached hydrogen (secondary N) is 1. The van der Waals surface area contributed by atoms with E-state index in [1.807, 2.05) is 0 Å². The summed E-state index contributed by atoms with van der Waals surface area (Å²) >= 11 is 0. The summed E-state index contributed by atoms with van der Waals surface area (Å²) in [7, 11) is 0. The molecule has 0 radical (unpaired) electrons. The Hall–Kier alpha value is -2.10. The average molecular weight is 203 g/mol. The van der Waals surface area contributed by atoms with Crippen molar-refractivity contribution in [3.05, 3.63) is 47.8 Å². The zero-order valence-corrected chi connectivity index (χ0v) is 7.81. The molecule has 1 aromatic rings. The first kappa shape index (κ1) is 9.45. The molecule has 0 saturated heterocycles. The SMILES string of the molecule is O=C(O)C1=CC=CC(=O)C1c1ccc[nH]1. The van der Waals surface area contributed by atoms with Crippen molar-refractivity contribution in [1.29, 1.82) is 0 Å². The van der Waals surface area contributed by atoms with Crippen molar-refractivity contribution in [3.8, 4) is 0 Å². The van der Waals surface area contributed by atoms with Crippen LogP contribution in [0.25, 0.3) is 0 Å². The molecule has 15 heavy (non-hydrogen) atoms. The summed E-state index contributed by atoms with van der Waals surface area (Å²) in [6.07, 6.45) is 5.97. The molecule has 0 fully saturated rings. The van der Waals surface area contributed by atoms with Crippen LogP contribution in [0.1, 0.15) is 11.6 Å². The van der Waals surface area contributed by atoms with Gasteiger partial charge < -0.3 is 10.1 Å². The molecule has 1 unspecified atom stereocenters. The number of ketones is 1. The van der Waals surface area contributed by atoms with Crippen molar-refractivity contribution in [2.75, 3.05) is 0 Å². The van der Waals surface area contributed by atoms with Crippen LogP contribution in [0.5, 0.6) is 0 Å². The number of rotatable bonds is 2. The first-order valence-electron chi connectivity index (χ1n) is 4.49. The van der Waals surface area contributed by atoms with Gasteiger partial charge in [0.1, 0.15) is 0 Å². The van der Waals surface area contributed by atoms with Crippen LogP contribution in [0.4, 0.5) is 0 Å². The second-order valence-corrected chi connectivity index (χ2v) is 3.25. The lowest BCUT2D eigenvalue weighted by atomic mass is 9.88. The van der Waals surface area contributed by atoms with Crippen LogP contribution in [0.15, 0.2) is 42.1 Å². The van der Waals surface area contributed by atoms with Gasteiger partial charge in [-0.25, -0.2) is 4.79 Å². The van der Waals surface area contributed by atoms with E-state index in [1.54, 1.807) is 18.3 Å². The van der Waals surface area contributed by atoms with Crippen LogP contribution in [0.2, 0.25) is 0 Å². The summed E-state index contributed by atoms with van der Waals surface area (Å²) in [6, 6.07) is 3.44. The molecule has 4 nitrogen and oxygen atoms in total. The second kappa shape index (κ2) is 3.57. The highest BCUT2D eigenvalue weighted by molar-refractivity contribution is 6.06. The van der Waals surface area contributed by atoms with E-state index in [4.69, 9.17) is 5.11 Å². The summed E-state index contributed by atoms with van der Waals surface area (Å²) in [5.74, 6) is -1.98. The van der Waals surface area contributed by atoms with E-state index < -0.39 is 11.9 Å². The topological polar surface area (TPSA) is 70.2 Å². The number of aliphatic carboxylic acids is 1. The third-order valence-electron chi connectivity index (χ3n) is 2.31. The molecule has 0 aliphatic heterocycles. The maximum absolute atomic E-state index is 11.6. The molecule has 2 rings (SSSR count). The van der Waals surface area contributed by atoms with Gasteiger partial charge in [-0.15, -0.1) is 0 Å². The summed E-state index contributed by atoms with van der Waals surface area (Å²) in [5.41, 5.74) is 0.711. The van der Waals surface area contributed by atoms with Gasteiger partial charge in [0.2, 0.25) is 0 Å². The van der Waals surface area contributed by atoms with Gasteiger partial charge in [0.15, 0.2) is 5.78 Å². The largest absolute Gasteiger partial charge is 0.478 e. The van der Waals surface area contributed by atoms with Crippen molar-refractivity contribution in [1.82, 2.24) is 4.98 Å². The first-order chi connectivity index (χ1) is 7.20. The van der Waals surface area contributed by atoms with Crippen LogP contribution in [-0.4, -0.2) is 21.8 Å². The smallest absolute Gasteiger partial charge is 0.332 e. The molecule has 76 valence electrons. The number of H-pyrrole nitrogens is 1. The van der Waals surface area contributed by atoms with Crippen molar-refractivity contribution in [2.45, 2.75) is 5.92 Å². The van der Waals surface area contributed by atoms with E-state index in [1.165, 1.54) is 18.2 Å². The second-order valence-electron chi connectivity index (χ2n) is 3.25. The Balaban J connectivity index is 2.45. The van der Waals surface area contributed by atoms with Gasteiger partial charge in [-0.05, 0) is 18.2 Å². The molecule has 1 heterocycles. The summed E-state index contributed by atoms with van der Waals surface area (Å²) in [5, 5.41) is 8.96. The Morgan fingerprint density at radius 3 is 2.87 bits per heavy atom.